The molecule has 0 aliphatic carbocycles. The fourth-order valence-electron chi connectivity index (χ4n) is 0.939. The van der Waals surface area contributed by atoms with E-state index in [1.54, 1.807) is 13.8 Å². The molecule has 0 spiro atoms. The van der Waals surface area contributed by atoms with Crippen molar-refractivity contribution in [3.05, 3.63) is 11.3 Å². The zero-order valence-electron chi connectivity index (χ0n) is 8.59. The summed E-state index contributed by atoms with van der Waals surface area (Å²) < 4.78 is 4.74. The Bertz CT molecular complexity index is 258. The molecule has 5 nitrogen and oxygen atoms in total. The predicted octanol–water partition coefficient (Wildman–Crippen LogP) is 1.50. The monoisotopic (exact) mass is 201 g/mol. The van der Waals surface area contributed by atoms with Gasteiger partial charge in [-0.3, -0.25) is 5.32 Å². The molecule has 0 aromatic rings. The fourth-order valence-corrected chi connectivity index (χ4v) is 0.939. The minimum Gasteiger partial charge on any atom is -0.465 e. The molecule has 80 valence electrons. The van der Waals surface area contributed by atoms with Crippen LogP contribution in [0.25, 0.3) is 0 Å². The Morgan fingerprint density at radius 3 is 2.29 bits per heavy atom. The molecule has 0 aliphatic heterocycles. The van der Waals surface area contributed by atoms with Crippen molar-refractivity contribution in [2.45, 2.75) is 27.2 Å². The maximum atomic E-state index is 11.2. The molecule has 0 unspecified atom stereocenters. The first-order valence-corrected chi connectivity index (χ1v) is 4.39. The Labute approximate surface area is 82.7 Å². The number of nitrogens with one attached hydrogen (secondary N) is 1. The van der Waals surface area contributed by atoms with Crippen LogP contribution in [0, 0.1) is 0 Å². The number of carboxylic acid groups (broad SMARTS) is 1. The minimum absolute atomic E-state index is 0.278. The van der Waals surface area contributed by atoms with Gasteiger partial charge in [0.1, 0.15) is 0 Å². The summed E-state index contributed by atoms with van der Waals surface area (Å²) >= 11 is 0. The summed E-state index contributed by atoms with van der Waals surface area (Å²) in [6.45, 7) is 5.27. The Balaban J connectivity index is 4.64. The van der Waals surface area contributed by atoms with Crippen molar-refractivity contribution in [2.75, 3.05) is 6.61 Å². The highest BCUT2D eigenvalue weighted by molar-refractivity contribution is 5.89. The zero-order chi connectivity index (χ0) is 11.1. The molecule has 0 saturated carbocycles. The van der Waals surface area contributed by atoms with Gasteiger partial charge in [-0.15, -0.1) is 0 Å². The number of hydrogen-bond donors (Lipinski definition) is 2. The van der Waals surface area contributed by atoms with E-state index >= 15 is 0 Å². The van der Waals surface area contributed by atoms with Crippen molar-refractivity contribution in [2.24, 2.45) is 0 Å². The molecule has 0 saturated heterocycles. The molecule has 0 aliphatic rings. The fraction of sp³-hybridized carbons (Fsp3) is 0.556. The van der Waals surface area contributed by atoms with Crippen LogP contribution in [-0.2, 0) is 9.53 Å². The van der Waals surface area contributed by atoms with E-state index in [1.807, 2.05) is 0 Å². The molecule has 0 radical (unpaired) electrons. The van der Waals surface area contributed by atoms with Crippen LogP contribution in [-0.4, -0.2) is 23.8 Å². The van der Waals surface area contributed by atoms with Crippen LogP contribution in [0.2, 0.25) is 0 Å². The number of hydrogen-bond acceptors (Lipinski definition) is 3. The molecule has 2 N–H and O–H groups in total. The smallest absolute Gasteiger partial charge is 0.408 e. The number of esters is 1. The summed E-state index contributed by atoms with van der Waals surface area (Å²) in [5.41, 5.74) is 0.674. The lowest BCUT2D eigenvalue weighted by Crippen LogP contribution is -2.23. The van der Waals surface area contributed by atoms with Gasteiger partial charge in [-0.05, 0) is 20.3 Å². The van der Waals surface area contributed by atoms with Crippen molar-refractivity contribution in [1.82, 2.24) is 5.32 Å². The first-order chi connectivity index (χ1) is 6.52. The maximum Gasteiger partial charge on any atom is 0.408 e. The van der Waals surface area contributed by atoms with Crippen molar-refractivity contribution < 1.29 is 19.4 Å². The molecule has 5 heteroatoms. The predicted molar refractivity (Wildman–Crippen MR) is 50.8 cm³/mol. The van der Waals surface area contributed by atoms with Gasteiger partial charge >= 0.3 is 12.1 Å². The van der Waals surface area contributed by atoms with E-state index in [1.165, 1.54) is 6.92 Å². The molecule has 0 rings (SSSR count). The summed E-state index contributed by atoms with van der Waals surface area (Å²) in [4.78, 5) is 21.6. The van der Waals surface area contributed by atoms with Gasteiger partial charge in [-0.1, -0.05) is 6.92 Å². The number of amides is 1. The molecule has 0 aromatic carbocycles. The van der Waals surface area contributed by atoms with E-state index in [2.05, 4.69) is 5.32 Å². The van der Waals surface area contributed by atoms with Crippen molar-refractivity contribution >= 4 is 12.1 Å². The van der Waals surface area contributed by atoms with E-state index in [-0.39, 0.29) is 6.61 Å². The Morgan fingerprint density at radius 1 is 1.36 bits per heavy atom. The number of carbonyl (C=O) groups is 2. The van der Waals surface area contributed by atoms with Crippen LogP contribution in [0.5, 0.6) is 0 Å². The molecule has 0 heterocycles. The average molecular weight is 201 g/mol. The van der Waals surface area contributed by atoms with Crippen LogP contribution in [0.3, 0.4) is 0 Å². The summed E-state index contributed by atoms with van der Waals surface area (Å²) in [6.07, 6.45) is -0.734. The SMILES string of the molecule is CCOC(=O)/C(C)=C(/CC)NC(=O)O. The lowest BCUT2D eigenvalue weighted by Gasteiger charge is -2.08. The number of ether oxygens (including phenoxy) is 1. The van der Waals surface area contributed by atoms with Crippen molar-refractivity contribution in [3.63, 3.8) is 0 Å². The molecule has 1 amide bonds. The summed E-state index contributed by atoms with van der Waals surface area (Å²) in [5.74, 6) is -0.488. The van der Waals surface area contributed by atoms with E-state index in [4.69, 9.17) is 9.84 Å². The first kappa shape index (κ1) is 12.5. The quantitative estimate of drug-likeness (QED) is 0.534. The van der Waals surface area contributed by atoms with E-state index < -0.39 is 12.1 Å². The third-order valence-corrected chi connectivity index (χ3v) is 1.65. The lowest BCUT2D eigenvalue weighted by molar-refractivity contribution is -0.138. The maximum absolute atomic E-state index is 11.2. The van der Waals surface area contributed by atoms with Gasteiger partial charge < -0.3 is 9.84 Å². The van der Waals surface area contributed by atoms with Gasteiger partial charge in [-0.2, -0.15) is 0 Å². The summed E-state index contributed by atoms with van der Waals surface area (Å²) in [7, 11) is 0. The van der Waals surface area contributed by atoms with Gasteiger partial charge in [-0.25, -0.2) is 9.59 Å². The molecular formula is C9H15NO4. The topological polar surface area (TPSA) is 75.6 Å². The van der Waals surface area contributed by atoms with Crippen LogP contribution < -0.4 is 5.32 Å². The second-order valence-corrected chi connectivity index (χ2v) is 2.61. The van der Waals surface area contributed by atoms with Crippen LogP contribution in [0.15, 0.2) is 11.3 Å². The highest BCUT2D eigenvalue weighted by atomic mass is 16.5. The van der Waals surface area contributed by atoms with Crippen LogP contribution >= 0.6 is 0 Å². The first-order valence-electron chi connectivity index (χ1n) is 4.39. The van der Waals surface area contributed by atoms with Gasteiger partial charge in [0.15, 0.2) is 0 Å². The zero-order valence-corrected chi connectivity index (χ0v) is 8.59. The molecular weight excluding hydrogens is 186 g/mol. The third kappa shape index (κ3) is 3.93. The van der Waals surface area contributed by atoms with Gasteiger partial charge in [0, 0.05) is 5.70 Å². The van der Waals surface area contributed by atoms with E-state index in [9.17, 15) is 9.59 Å². The second kappa shape index (κ2) is 6.01. The standard InChI is InChI=1S/C9H15NO4/c1-4-7(10-9(12)13)6(3)8(11)14-5-2/h10H,4-5H2,1-3H3,(H,12,13)/b7-6-. The van der Waals surface area contributed by atoms with Crippen LogP contribution in [0.4, 0.5) is 4.79 Å². The highest BCUT2D eigenvalue weighted by Gasteiger charge is 2.11. The summed E-state index contributed by atoms with van der Waals surface area (Å²) in [5, 5.41) is 10.6. The van der Waals surface area contributed by atoms with E-state index in [0.29, 0.717) is 17.7 Å². The second-order valence-electron chi connectivity index (χ2n) is 2.61. The number of allylic oxidation sites excluding steroid dienone is 1. The normalized spacial score (nSPS) is 11.6. The van der Waals surface area contributed by atoms with Crippen molar-refractivity contribution in [1.29, 1.82) is 0 Å². The van der Waals surface area contributed by atoms with Gasteiger partial charge in [0.05, 0.1) is 12.2 Å². The number of rotatable bonds is 4. The molecule has 0 aromatic heterocycles. The molecule has 0 atom stereocenters. The van der Waals surface area contributed by atoms with Crippen LogP contribution in [0.1, 0.15) is 27.2 Å². The number of carbonyl (C=O) groups excluding carboxylic acids is 1. The summed E-state index contributed by atoms with van der Waals surface area (Å²) in [6, 6.07) is 0. The Hall–Kier alpha value is -1.52. The molecule has 0 fully saturated rings. The Kier molecular flexibility index (Phi) is 5.36. The van der Waals surface area contributed by atoms with Gasteiger partial charge in [0.25, 0.3) is 0 Å². The largest absolute Gasteiger partial charge is 0.465 e. The third-order valence-electron chi connectivity index (χ3n) is 1.65. The van der Waals surface area contributed by atoms with E-state index in [0.717, 1.165) is 0 Å². The lowest BCUT2D eigenvalue weighted by atomic mass is 10.2. The molecule has 0 bridgehead atoms. The Morgan fingerprint density at radius 2 is 1.93 bits per heavy atom. The molecule has 14 heavy (non-hydrogen) atoms. The average Bonchev–Trinajstić information content (AvgIpc) is 2.13. The minimum atomic E-state index is -1.18. The van der Waals surface area contributed by atoms with Crippen molar-refractivity contribution in [3.8, 4) is 0 Å². The highest BCUT2D eigenvalue weighted by Crippen LogP contribution is 2.06. The van der Waals surface area contributed by atoms with Gasteiger partial charge in [0.2, 0.25) is 0 Å².